The van der Waals surface area contributed by atoms with Crippen molar-refractivity contribution in [1.82, 2.24) is 10.9 Å². The zero-order valence-corrected chi connectivity index (χ0v) is 7.24. The Labute approximate surface area is 64.4 Å². The van der Waals surface area contributed by atoms with Gasteiger partial charge >= 0.3 is 0 Å². The van der Waals surface area contributed by atoms with Crippen LogP contribution in [0.25, 0.3) is 0 Å². The average molecular weight is 144 g/mol. The third kappa shape index (κ3) is 7.92. The van der Waals surface area contributed by atoms with E-state index in [1.165, 1.54) is 25.7 Å². The Kier molecular flexibility index (Phi) is 8.85. The molecule has 0 aliphatic carbocycles. The van der Waals surface area contributed by atoms with Crippen LogP contribution < -0.4 is 10.9 Å². The zero-order valence-electron chi connectivity index (χ0n) is 7.24. The molecule has 0 saturated heterocycles. The molecule has 0 aromatic heterocycles. The molecule has 0 heterocycles. The van der Waals surface area contributed by atoms with Crippen molar-refractivity contribution in [2.24, 2.45) is 0 Å². The van der Waals surface area contributed by atoms with E-state index in [0.29, 0.717) is 0 Å². The summed E-state index contributed by atoms with van der Waals surface area (Å²) in [5.74, 6) is 0. The predicted octanol–water partition coefficient (Wildman–Crippen LogP) is 1.68. The van der Waals surface area contributed by atoms with Crippen molar-refractivity contribution in [3.8, 4) is 0 Å². The number of hydrazine groups is 1. The molecule has 2 heteroatoms. The van der Waals surface area contributed by atoms with Gasteiger partial charge in [0.2, 0.25) is 0 Å². The normalized spacial score (nSPS) is 10.2. The first-order chi connectivity index (χ1) is 4.91. The van der Waals surface area contributed by atoms with Gasteiger partial charge in [-0.3, -0.25) is 10.9 Å². The summed E-state index contributed by atoms with van der Waals surface area (Å²) in [6, 6.07) is 0. The van der Waals surface area contributed by atoms with E-state index >= 15 is 0 Å². The Hall–Kier alpha value is -0.0800. The average Bonchev–Trinajstić information content (AvgIpc) is 1.97. The third-order valence-electron chi connectivity index (χ3n) is 1.46. The van der Waals surface area contributed by atoms with Crippen molar-refractivity contribution >= 4 is 0 Å². The maximum Gasteiger partial charge on any atom is 0.00997 e. The molecule has 0 radical (unpaired) electrons. The first-order valence-corrected chi connectivity index (χ1v) is 4.37. The topological polar surface area (TPSA) is 24.1 Å². The number of nitrogens with one attached hydrogen (secondary N) is 2. The van der Waals surface area contributed by atoms with Gasteiger partial charge in [0.25, 0.3) is 0 Å². The fraction of sp³-hybridized carbons (Fsp3) is 1.00. The summed E-state index contributed by atoms with van der Waals surface area (Å²) in [6.45, 7) is 6.44. The van der Waals surface area contributed by atoms with Crippen molar-refractivity contribution < 1.29 is 0 Å². The number of hydrogen-bond acceptors (Lipinski definition) is 2. The summed E-state index contributed by atoms with van der Waals surface area (Å²) in [4.78, 5) is 0. The fourth-order valence-electron chi connectivity index (χ4n) is 0.854. The fourth-order valence-corrected chi connectivity index (χ4v) is 0.854. The minimum absolute atomic E-state index is 1.01. The molecule has 0 amide bonds. The van der Waals surface area contributed by atoms with Crippen molar-refractivity contribution in [3.05, 3.63) is 0 Å². The van der Waals surface area contributed by atoms with E-state index in [-0.39, 0.29) is 0 Å². The molecular formula is C8H20N2. The molecule has 0 rings (SSSR count). The predicted molar refractivity (Wildman–Crippen MR) is 45.8 cm³/mol. The number of rotatable bonds is 7. The maximum atomic E-state index is 3.14. The second kappa shape index (κ2) is 8.92. The first-order valence-electron chi connectivity index (χ1n) is 4.37. The summed E-state index contributed by atoms with van der Waals surface area (Å²) in [5.41, 5.74) is 6.22. The Bertz CT molecular complexity index is 47.2. The lowest BCUT2D eigenvalue weighted by Gasteiger charge is -2.02. The molecule has 2 N–H and O–H groups in total. The van der Waals surface area contributed by atoms with Crippen LogP contribution in [0.2, 0.25) is 0 Å². The Morgan fingerprint density at radius 3 is 2.30 bits per heavy atom. The van der Waals surface area contributed by atoms with Gasteiger partial charge in [0.05, 0.1) is 0 Å². The lowest BCUT2D eigenvalue weighted by molar-refractivity contribution is 0.519. The van der Waals surface area contributed by atoms with E-state index in [9.17, 15) is 0 Å². The largest absolute Gasteiger partial charge is 0.258 e. The van der Waals surface area contributed by atoms with Crippen LogP contribution >= 0.6 is 0 Å². The second-order valence-corrected chi connectivity index (χ2v) is 2.52. The quantitative estimate of drug-likeness (QED) is 0.419. The molecule has 0 fully saturated rings. The zero-order chi connectivity index (χ0) is 7.66. The van der Waals surface area contributed by atoms with Gasteiger partial charge in [-0.05, 0) is 6.42 Å². The summed E-state index contributed by atoms with van der Waals surface area (Å²) in [5, 5.41) is 0. The number of hydrogen-bond donors (Lipinski definition) is 2. The van der Waals surface area contributed by atoms with Crippen LogP contribution in [0.1, 0.15) is 39.5 Å². The lowest BCUT2D eigenvalue weighted by Crippen LogP contribution is -2.31. The molecule has 0 atom stereocenters. The highest BCUT2D eigenvalue weighted by molar-refractivity contribution is 4.42. The van der Waals surface area contributed by atoms with Crippen LogP contribution in [0.15, 0.2) is 0 Å². The van der Waals surface area contributed by atoms with Gasteiger partial charge in [0.1, 0.15) is 0 Å². The second-order valence-electron chi connectivity index (χ2n) is 2.52. The van der Waals surface area contributed by atoms with Gasteiger partial charge in [-0.1, -0.05) is 33.1 Å². The number of unbranched alkanes of at least 4 members (excludes halogenated alkanes) is 3. The monoisotopic (exact) mass is 144 g/mol. The highest BCUT2D eigenvalue weighted by Crippen LogP contribution is 1.96. The van der Waals surface area contributed by atoms with Gasteiger partial charge in [-0.15, -0.1) is 0 Å². The van der Waals surface area contributed by atoms with Crippen LogP contribution in [0.5, 0.6) is 0 Å². The summed E-state index contributed by atoms with van der Waals surface area (Å²) in [6.07, 6.45) is 5.34. The maximum absolute atomic E-state index is 3.14. The summed E-state index contributed by atoms with van der Waals surface area (Å²) >= 11 is 0. The van der Waals surface area contributed by atoms with Crippen LogP contribution in [0, 0.1) is 0 Å². The Morgan fingerprint density at radius 2 is 1.70 bits per heavy atom. The Morgan fingerprint density at radius 1 is 0.900 bits per heavy atom. The molecular weight excluding hydrogens is 124 g/mol. The molecule has 0 aromatic carbocycles. The van der Waals surface area contributed by atoms with E-state index in [4.69, 9.17) is 0 Å². The van der Waals surface area contributed by atoms with E-state index in [1.54, 1.807) is 0 Å². The van der Waals surface area contributed by atoms with Crippen molar-refractivity contribution in [2.75, 3.05) is 13.1 Å². The minimum Gasteiger partial charge on any atom is -0.258 e. The molecule has 0 spiro atoms. The molecule has 62 valence electrons. The first kappa shape index (κ1) is 9.92. The van der Waals surface area contributed by atoms with E-state index in [1.807, 2.05) is 0 Å². The smallest absolute Gasteiger partial charge is 0.00997 e. The van der Waals surface area contributed by atoms with Crippen molar-refractivity contribution in [2.45, 2.75) is 39.5 Å². The molecule has 0 aliphatic rings. The van der Waals surface area contributed by atoms with Gasteiger partial charge < -0.3 is 0 Å². The van der Waals surface area contributed by atoms with Crippen LogP contribution in [0.3, 0.4) is 0 Å². The van der Waals surface area contributed by atoms with Crippen LogP contribution in [-0.4, -0.2) is 13.1 Å². The SMILES string of the molecule is CCCCCCNNCC. The Balaban J connectivity index is 2.65. The molecule has 0 saturated carbocycles. The molecule has 2 nitrogen and oxygen atoms in total. The molecule has 0 aromatic rings. The van der Waals surface area contributed by atoms with Gasteiger partial charge in [-0.2, -0.15) is 0 Å². The highest BCUT2D eigenvalue weighted by atomic mass is 15.3. The van der Waals surface area contributed by atoms with Gasteiger partial charge in [0, 0.05) is 13.1 Å². The van der Waals surface area contributed by atoms with Crippen LogP contribution in [-0.2, 0) is 0 Å². The standard InChI is InChI=1S/C8H20N2/c1-3-5-6-7-8-10-9-4-2/h9-10H,3-8H2,1-2H3. The molecule has 0 unspecified atom stereocenters. The highest BCUT2D eigenvalue weighted by Gasteiger charge is 1.85. The lowest BCUT2D eigenvalue weighted by atomic mass is 10.2. The van der Waals surface area contributed by atoms with Crippen molar-refractivity contribution in [1.29, 1.82) is 0 Å². The summed E-state index contributed by atoms with van der Waals surface area (Å²) < 4.78 is 0. The third-order valence-corrected chi connectivity index (χ3v) is 1.46. The van der Waals surface area contributed by atoms with Gasteiger partial charge in [-0.25, -0.2) is 0 Å². The molecule has 10 heavy (non-hydrogen) atoms. The van der Waals surface area contributed by atoms with E-state index < -0.39 is 0 Å². The summed E-state index contributed by atoms with van der Waals surface area (Å²) in [7, 11) is 0. The minimum atomic E-state index is 1.01. The van der Waals surface area contributed by atoms with E-state index in [2.05, 4.69) is 24.7 Å². The van der Waals surface area contributed by atoms with Crippen molar-refractivity contribution in [3.63, 3.8) is 0 Å². The van der Waals surface area contributed by atoms with Crippen LogP contribution in [0.4, 0.5) is 0 Å². The molecule has 0 aliphatic heterocycles. The van der Waals surface area contributed by atoms with Gasteiger partial charge in [0.15, 0.2) is 0 Å². The molecule has 0 bridgehead atoms. The van der Waals surface area contributed by atoms with E-state index in [0.717, 1.165) is 13.1 Å².